The Morgan fingerprint density at radius 2 is 0.790 bits per heavy atom. The first-order valence-electron chi connectivity index (χ1n) is 21.1. The molecule has 1 aliphatic heterocycles. The molecule has 0 bridgehead atoms. The number of nitrogens with zero attached hydrogens (tertiary/aromatic N) is 4. The van der Waals surface area contributed by atoms with Crippen LogP contribution in [-0.2, 0) is 0 Å². The summed E-state index contributed by atoms with van der Waals surface area (Å²) < 4.78 is 4.77. The van der Waals surface area contributed by atoms with Crippen LogP contribution in [0.3, 0.4) is 0 Å². The van der Waals surface area contributed by atoms with E-state index in [-0.39, 0.29) is 6.17 Å². The highest BCUT2D eigenvalue weighted by atomic mass is 15.2. The topological polar surface area (TPSA) is 46.6 Å². The van der Waals surface area contributed by atoms with E-state index in [0.717, 1.165) is 39.4 Å². The minimum Gasteiger partial charge on any atom is -0.344 e. The van der Waals surface area contributed by atoms with Crippen molar-refractivity contribution in [1.29, 1.82) is 0 Å². The molecule has 12 rings (SSSR count). The number of nitrogens with one attached hydrogen (secondary N) is 1. The summed E-state index contributed by atoms with van der Waals surface area (Å²) in [4.78, 5) is 10.1. The number of hydrogen-bond donors (Lipinski definition) is 1. The first-order valence-corrected chi connectivity index (χ1v) is 21.1. The van der Waals surface area contributed by atoms with E-state index in [1.807, 2.05) is 36.4 Å². The Morgan fingerprint density at radius 3 is 1.37 bits per heavy atom. The molecule has 1 atom stereocenters. The third-order valence-electron chi connectivity index (χ3n) is 12.2. The monoisotopic (exact) mass is 793 g/mol. The van der Waals surface area contributed by atoms with Crippen LogP contribution in [-0.4, -0.2) is 20.8 Å². The molecule has 292 valence electrons. The van der Waals surface area contributed by atoms with Gasteiger partial charge in [0.2, 0.25) is 0 Å². The summed E-state index contributed by atoms with van der Waals surface area (Å²) in [6, 6.07) is 80.1. The van der Waals surface area contributed by atoms with E-state index >= 15 is 0 Å². The van der Waals surface area contributed by atoms with Crippen molar-refractivity contribution >= 4 is 55.3 Å². The van der Waals surface area contributed by atoms with E-state index < -0.39 is 0 Å². The minimum absolute atomic E-state index is 0.300. The molecule has 3 heterocycles. The molecule has 9 aromatic carbocycles. The van der Waals surface area contributed by atoms with Crippen molar-refractivity contribution in [3.63, 3.8) is 0 Å². The smallest absolute Gasteiger partial charge is 0.159 e. The zero-order chi connectivity index (χ0) is 41.0. The predicted octanol–water partition coefficient (Wildman–Crippen LogP) is 13.7. The maximum atomic E-state index is 5.12. The Bertz CT molecular complexity index is 3520. The first kappa shape index (κ1) is 35.6. The number of hydrogen-bond acceptors (Lipinski definition) is 3. The number of benzene rings is 9. The van der Waals surface area contributed by atoms with Crippen LogP contribution in [0.25, 0.3) is 77.2 Å². The van der Waals surface area contributed by atoms with Crippen molar-refractivity contribution in [2.24, 2.45) is 9.98 Å². The number of amidine groups is 2. The fourth-order valence-electron chi connectivity index (χ4n) is 9.20. The van der Waals surface area contributed by atoms with Crippen LogP contribution in [0.1, 0.15) is 22.9 Å². The van der Waals surface area contributed by atoms with Gasteiger partial charge in [0.05, 0.1) is 22.1 Å². The first-order chi connectivity index (χ1) is 30.7. The van der Waals surface area contributed by atoms with Crippen LogP contribution in [0.4, 0.5) is 0 Å². The molecular weight excluding hydrogens is 755 g/mol. The van der Waals surface area contributed by atoms with Crippen molar-refractivity contribution in [3.8, 4) is 33.6 Å². The van der Waals surface area contributed by atoms with Gasteiger partial charge >= 0.3 is 0 Å². The van der Waals surface area contributed by atoms with Gasteiger partial charge in [-0.3, -0.25) is 0 Å². The Balaban J connectivity index is 0.925. The molecule has 0 saturated carbocycles. The van der Waals surface area contributed by atoms with Gasteiger partial charge in [-0.1, -0.05) is 170 Å². The summed E-state index contributed by atoms with van der Waals surface area (Å²) in [6.45, 7) is 0. The zero-order valence-corrected chi connectivity index (χ0v) is 33.7. The van der Waals surface area contributed by atoms with Gasteiger partial charge in [0.15, 0.2) is 5.84 Å². The predicted molar refractivity (Wildman–Crippen MR) is 258 cm³/mol. The van der Waals surface area contributed by atoms with Crippen LogP contribution >= 0.6 is 0 Å². The minimum atomic E-state index is -0.300. The summed E-state index contributed by atoms with van der Waals surface area (Å²) in [7, 11) is 0. The molecule has 1 N–H and O–H groups in total. The van der Waals surface area contributed by atoms with E-state index in [4.69, 9.17) is 9.98 Å². The fourth-order valence-corrected chi connectivity index (χ4v) is 9.20. The van der Waals surface area contributed by atoms with Gasteiger partial charge in [-0.05, 0) is 82.4 Å². The van der Waals surface area contributed by atoms with Gasteiger partial charge < -0.3 is 14.5 Å². The van der Waals surface area contributed by atoms with Crippen molar-refractivity contribution in [2.45, 2.75) is 6.17 Å². The lowest BCUT2D eigenvalue weighted by Crippen LogP contribution is -2.33. The number of fused-ring (bicyclic) bond motifs is 6. The Hall–Kier alpha value is -8.28. The molecule has 11 aromatic rings. The maximum absolute atomic E-state index is 5.12. The highest BCUT2D eigenvalue weighted by Gasteiger charge is 2.22. The van der Waals surface area contributed by atoms with Crippen LogP contribution in [0.2, 0.25) is 0 Å². The summed E-state index contributed by atoms with van der Waals surface area (Å²) in [5, 5.41) is 8.58. The summed E-state index contributed by atoms with van der Waals surface area (Å²) in [6.07, 6.45) is -0.300. The van der Waals surface area contributed by atoms with E-state index in [1.54, 1.807) is 0 Å². The second-order valence-corrected chi connectivity index (χ2v) is 15.9. The molecule has 0 aliphatic carbocycles. The van der Waals surface area contributed by atoms with Crippen LogP contribution < -0.4 is 5.32 Å². The molecule has 0 radical (unpaired) electrons. The lowest BCUT2D eigenvalue weighted by molar-refractivity contribution is 0.674. The van der Waals surface area contributed by atoms with Crippen LogP contribution in [0, 0.1) is 0 Å². The van der Waals surface area contributed by atoms with Gasteiger partial charge in [-0.25, -0.2) is 9.98 Å². The van der Waals surface area contributed by atoms with Crippen molar-refractivity contribution < 1.29 is 0 Å². The van der Waals surface area contributed by atoms with Gasteiger partial charge in [0.25, 0.3) is 0 Å². The van der Waals surface area contributed by atoms with Gasteiger partial charge in [-0.15, -0.1) is 0 Å². The largest absolute Gasteiger partial charge is 0.344 e. The van der Waals surface area contributed by atoms with Crippen LogP contribution in [0.15, 0.2) is 234 Å². The standard InChI is InChI=1S/C57H39N5/c1-4-15-38(16-5-1)55-58-56(39-17-6-2-7-18-39)60-57(59-55)40-27-31-46(32-28-40)62-52-26-13-11-24-48(52)50-34-30-44(37-54(50)62)42-20-14-19-41(35-42)43-29-33-49-47-23-10-12-25-51(47)61(53(49)36-43)45-21-8-3-9-22-45/h1-37,57H,(H,58,59,60). The second kappa shape index (κ2) is 14.8. The average Bonchev–Trinajstić information content (AvgIpc) is 3.87. The second-order valence-electron chi connectivity index (χ2n) is 15.9. The molecule has 2 aromatic heterocycles. The van der Waals surface area contributed by atoms with Crippen LogP contribution in [0.5, 0.6) is 0 Å². The lowest BCUT2D eigenvalue weighted by Gasteiger charge is -2.24. The molecule has 62 heavy (non-hydrogen) atoms. The SMILES string of the molecule is c1ccc(C2=NC(c3ccc(-n4c5ccccc5c5ccc(-c6cccc(-c7ccc8c9ccccc9n(-c9ccccc9)c8c7)c6)cc54)cc3)NC(c3ccccc3)=N2)cc1. The Morgan fingerprint density at radius 1 is 0.339 bits per heavy atom. The summed E-state index contributed by atoms with van der Waals surface area (Å²) >= 11 is 0. The quantitative estimate of drug-likeness (QED) is 0.172. The van der Waals surface area contributed by atoms with E-state index in [1.165, 1.54) is 60.3 Å². The van der Waals surface area contributed by atoms with Crippen molar-refractivity contribution in [3.05, 3.63) is 241 Å². The molecule has 0 spiro atoms. The highest BCUT2D eigenvalue weighted by Crippen LogP contribution is 2.38. The van der Waals surface area contributed by atoms with E-state index in [9.17, 15) is 0 Å². The Labute approximate surface area is 359 Å². The van der Waals surface area contributed by atoms with Crippen molar-refractivity contribution in [1.82, 2.24) is 14.5 Å². The third kappa shape index (κ3) is 6.10. The molecule has 5 nitrogen and oxygen atoms in total. The average molecular weight is 794 g/mol. The molecule has 0 fully saturated rings. The third-order valence-corrected chi connectivity index (χ3v) is 12.2. The normalized spacial score (nSPS) is 14.0. The number of aromatic nitrogens is 2. The van der Waals surface area contributed by atoms with Gasteiger partial charge in [0, 0.05) is 44.0 Å². The fraction of sp³-hybridized carbons (Fsp3) is 0.0175. The highest BCUT2D eigenvalue weighted by molar-refractivity contribution is 6.14. The van der Waals surface area contributed by atoms with Crippen molar-refractivity contribution in [2.75, 3.05) is 0 Å². The Kier molecular flexibility index (Phi) is 8.49. The summed E-state index contributed by atoms with van der Waals surface area (Å²) in [5.41, 5.74) is 14.8. The van der Waals surface area contributed by atoms with Gasteiger partial charge in [-0.2, -0.15) is 0 Å². The number of para-hydroxylation sites is 3. The molecule has 0 saturated heterocycles. The number of rotatable bonds is 7. The van der Waals surface area contributed by atoms with Gasteiger partial charge in [0.1, 0.15) is 12.0 Å². The number of aliphatic imine (C=N–C) groups is 2. The molecule has 5 heteroatoms. The molecule has 0 amide bonds. The summed E-state index contributed by atoms with van der Waals surface area (Å²) in [5.74, 6) is 1.52. The van der Waals surface area contributed by atoms with E-state index in [0.29, 0.717) is 5.84 Å². The maximum Gasteiger partial charge on any atom is 0.159 e. The lowest BCUT2D eigenvalue weighted by atomic mass is 9.97. The molecule has 1 unspecified atom stereocenters. The molecule has 1 aliphatic rings. The van der Waals surface area contributed by atoms with E-state index in [2.05, 4.69) is 203 Å². The zero-order valence-electron chi connectivity index (χ0n) is 33.7. The molecular formula is C57H39N5.